The highest BCUT2D eigenvalue weighted by atomic mass is 35.5. The van der Waals surface area contributed by atoms with Gasteiger partial charge in [-0.2, -0.15) is 0 Å². The van der Waals surface area contributed by atoms with Crippen molar-refractivity contribution in [3.63, 3.8) is 0 Å². The Hall–Kier alpha value is -1.12. The third kappa shape index (κ3) is 5.93. The normalized spacial score (nSPS) is 21.6. The summed E-state index contributed by atoms with van der Waals surface area (Å²) in [5.74, 6) is 0.916. The molecule has 1 unspecified atom stereocenters. The lowest BCUT2D eigenvalue weighted by molar-refractivity contribution is -0.146. The fourth-order valence-corrected chi connectivity index (χ4v) is 3.43. The number of nitrogens with zero attached hydrogens (tertiary/aromatic N) is 2. The fraction of sp³-hybridized carbons (Fsp3) is 0.667. The molecule has 3 heterocycles. The Morgan fingerprint density at radius 3 is 2.74 bits per heavy atom. The SMILES string of the molecule is COC1(C(=O)NCc2ccc(N3CCOC(C)C3)nc2)CCNCC1.Cl.Cl. The summed E-state index contributed by atoms with van der Waals surface area (Å²) in [5, 5.41) is 6.26. The molecule has 9 heteroatoms. The molecule has 2 N–H and O–H groups in total. The monoisotopic (exact) mass is 420 g/mol. The maximum absolute atomic E-state index is 12.6. The minimum absolute atomic E-state index is 0. The molecule has 1 amide bonds. The second-order valence-electron chi connectivity index (χ2n) is 6.78. The maximum Gasteiger partial charge on any atom is 0.252 e. The third-order valence-corrected chi connectivity index (χ3v) is 5.04. The van der Waals surface area contributed by atoms with E-state index < -0.39 is 5.60 Å². The van der Waals surface area contributed by atoms with Crippen LogP contribution in [-0.4, -0.2) is 62.5 Å². The lowest BCUT2D eigenvalue weighted by Gasteiger charge is -2.34. The fourth-order valence-electron chi connectivity index (χ4n) is 3.43. The second kappa shape index (κ2) is 11.0. The maximum atomic E-state index is 12.6. The number of amides is 1. The number of piperidine rings is 1. The molecule has 2 saturated heterocycles. The van der Waals surface area contributed by atoms with Crippen LogP contribution in [0.5, 0.6) is 0 Å². The van der Waals surface area contributed by atoms with Gasteiger partial charge in [-0.05, 0) is 44.5 Å². The molecule has 7 nitrogen and oxygen atoms in total. The van der Waals surface area contributed by atoms with E-state index in [1.165, 1.54) is 0 Å². The van der Waals surface area contributed by atoms with Crippen molar-refractivity contribution in [2.75, 3.05) is 44.8 Å². The van der Waals surface area contributed by atoms with Crippen molar-refractivity contribution in [2.45, 2.75) is 38.0 Å². The predicted molar refractivity (Wildman–Crippen MR) is 110 cm³/mol. The average Bonchev–Trinajstić information content (AvgIpc) is 2.67. The zero-order valence-corrected chi connectivity index (χ0v) is 17.5. The molecule has 1 aromatic heterocycles. The Bertz CT molecular complexity index is 582. The lowest BCUT2D eigenvalue weighted by atomic mass is 9.91. The molecule has 1 aromatic rings. The topological polar surface area (TPSA) is 75.7 Å². The summed E-state index contributed by atoms with van der Waals surface area (Å²) < 4.78 is 11.1. The van der Waals surface area contributed by atoms with Crippen molar-refractivity contribution < 1.29 is 14.3 Å². The Labute approximate surface area is 173 Å². The average molecular weight is 421 g/mol. The molecular formula is C18H30Cl2N4O3. The molecule has 0 aliphatic carbocycles. The van der Waals surface area contributed by atoms with Gasteiger partial charge < -0.3 is 25.0 Å². The van der Waals surface area contributed by atoms with Crippen LogP contribution in [0.3, 0.4) is 0 Å². The van der Waals surface area contributed by atoms with Gasteiger partial charge in [-0.15, -0.1) is 24.8 Å². The molecule has 0 saturated carbocycles. The van der Waals surface area contributed by atoms with Crippen LogP contribution in [0.2, 0.25) is 0 Å². The number of carbonyl (C=O) groups excluding carboxylic acids is 1. The number of hydrogen-bond acceptors (Lipinski definition) is 6. The summed E-state index contributed by atoms with van der Waals surface area (Å²) in [6, 6.07) is 4.03. The van der Waals surface area contributed by atoms with Crippen molar-refractivity contribution in [1.82, 2.24) is 15.6 Å². The number of carbonyl (C=O) groups is 1. The standard InChI is InChI=1S/C18H28N4O3.2ClH/c1-14-13-22(9-10-25-14)16-4-3-15(11-20-16)12-21-17(23)18(24-2)5-7-19-8-6-18;;/h3-4,11,14,19H,5-10,12-13H2,1-2H3,(H,21,23);2*1H. The highest BCUT2D eigenvalue weighted by molar-refractivity contribution is 5.86. The molecule has 2 aliphatic heterocycles. The molecule has 3 rings (SSSR count). The van der Waals surface area contributed by atoms with E-state index in [0.29, 0.717) is 19.4 Å². The van der Waals surface area contributed by atoms with Crippen LogP contribution in [0.15, 0.2) is 18.3 Å². The van der Waals surface area contributed by atoms with Crippen LogP contribution >= 0.6 is 24.8 Å². The molecule has 1 atom stereocenters. The van der Waals surface area contributed by atoms with E-state index in [2.05, 4.69) is 27.4 Å². The largest absolute Gasteiger partial charge is 0.375 e. The van der Waals surface area contributed by atoms with Crippen molar-refractivity contribution in [1.29, 1.82) is 0 Å². The van der Waals surface area contributed by atoms with Crippen LogP contribution in [0, 0.1) is 0 Å². The second-order valence-corrected chi connectivity index (χ2v) is 6.78. The number of pyridine rings is 1. The van der Waals surface area contributed by atoms with Crippen molar-refractivity contribution in [3.8, 4) is 0 Å². The summed E-state index contributed by atoms with van der Waals surface area (Å²) in [6.45, 7) is 6.58. The molecule has 0 radical (unpaired) electrons. The number of ether oxygens (including phenoxy) is 2. The number of nitrogens with one attached hydrogen (secondary N) is 2. The van der Waals surface area contributed by atoms with Gasteiger partial charge in [0, 0.05) is 32.9 Å². The van der Waals surface area contributed by atoms with Crippen LogP contribution in [0.25, 0.3) is 0 Å². The third-order valence-electron chi connectivity index (χ3n) is 5.04. The highest BCUT2D eigenvalue weighted by Gasteiger charge is 2.39. The van der Waals surface area contributed by atoms with E-state index >= 15 is 0 Å². The van der Waals surface area contributed by atoms with Crippen LogP contribution in [0.1, 0.15) is 25.3 Å². The number of halogens is 2. The summed E-state index contributed by atoms with van der Waals surface area (Å²) in [7, 11) is 1.62. The first kappa shape index (κ1) is 23.9. The molecule has 27 heavy (non-hydrogen) atoms. The molecular weight excluding hydrogens is 391 g/mol. The lowest BCUT2D eigenvalue weighted by Crippen LogP contribution is -2.53. The van der Waals surface area contributed by atoms with Gasteiger partial charge in [-0.25, -0.2) is 4.98 Å². The molecule has 2 aliphatic rings. The van der Waals surface area contributed by atoms with E-state index in [0.717, 1.165) is 44.2 Å². The quantitative estimate of drug-likeness (QED) is 0.751. The van der Waals surface area contributed by atoms with Gasteiger partial charge in [0.2, 0.25) is 0 Å². The minimum atomic E-state index is -0.706. The van der Waals surface area contributed by atoms with E-state index in [-0.39, 0.29) is 36.8 Å². The highest BCUT2D eigenvalue weighted by Crippen LogP contribution is 2.23. The van der Waals surface area contributed by atoms with Gasteiger partial charge in [0.1, 0.15) is 11.4 Å². The zero-order valence-electron chi connectivity index (χ0n) is 15.9. The summed E-state index contributed by atoms with van der Waals surface area (Å²) in [5.41, 5.74) is 0.279. The van der Waals surface area contributed by atoms with E-state index in [4.69, 9.17) is 9.47 Å². The van der Waals surface area contributed by atoms with Gasteiger partial charge in [-0.3, -0.25) is 4.79 Å². The summed E-state index contributed by atoms with van der Waals surface area (Å²) in [4.78, 5) is 19.3. The van der Waals surface area contributed by atoms with E-state index in [1.807, 2.05) is 18.3 Å². The Balaban J connectivity index is 0.00000182. The molecule has 0 aromatic carbocycles. The van der Waals surface area contributed by atoms with Gasteiger partial charge >= 0.3 is 0 Å². The van der Waals surface area contributed by atoms with Crippen molar-refractivity contribution in [3.05, 3.63) is 23.9 Å². The number of rotatable bonds is 5. The molecule has 154 valence electrons. The minimum Gasteiger partial charge on any atom is -0.375 e. The van der Waals surface area contributed by atoms with E-state index in [1.54, 1.807) is 7.11 Å². The predicted octanol–water partition coefficient (Wildman–Crippen LogP) is 1.54. The summed E-state index contributed by atoms with van der Waals surface area (Å²) in [6.07, 6.45) is 3.45. The van der Waals surface area contributed by atoms with Crippen LogP contribution in [-0.2, 0) is 20.8 Å². The zero-order chi connectivity index (χ0) is 17.7. The number of methoxy groups -OCH3 is 1. The smallest absolute Gasteiger partial charge is 0.252 e. The van der Waals surface area contributed by atoms with Gasteiger partial charge in [0.25, 0.3) is 5.91 Å². The van der Waals surface area contributed by atoms with E-state index in [9.17, 15) is 4.79 Å². The Kier molecular flexibility index (Phi) is 9.76. The number of hydrogen-bond donors (Lipinski definition) is 2. The summed E-state index contributed by atoms with van der Waals surface area (Å²) >= 11 is 0. The Morgan fingerprint density at radius 1 is 1.41 bits per heavy atom. The van der Waals surface area contributed by atoms with Crippen molar-refractivity contribution >= 4 is 36.5 Å². The molecule has 0 spiro atoms. The number of aromatic nitrogens is 1. The first-order chi connectivity index (χ1) is 12.1. The molecule has 0 bridgehead atoms. The van der Waals surface area contributed by atoms with Crippen LogP contribution < -0.4 is 15.5 Å². The number of morpholine rings is 1. The van der Waals surface area contributed by atoms with Gasteiger partial charge in [0.05, 0.1) is 12.7 Å². The van der Waals surface area contributed by atoms with Crippen molar-refractivity contribution in [2.24, 2.45) is 0 Å². The van der Waals surface area contributed by atoms with Crippen LogP contribution in [0.4, 0.5) is 5.82 Å². The molecule has 2 fully saturated rings. The van der Waals surface area contributed by atoms with Gasteiger partial charge in [-0.1, -0.05) is 6.07 Å². The first-order valence-electron chi connectivity index (χ1n) is 8.99. The Morgan fingerprint density at radius 2 is 2.15 bits per heavy atom. The first-order valence-corrected chi connectivity index (χ1v) is 8.99. The number of anilines is 1. The van der Waals surface area contributed by atoms with Gasteiger partial charge in [0.15, 0.2) is 0 Å².